The van der Waals surface area contributed by atoms with Crippen molar-refractivity contribution in [2.24, 2.45) is 0 Å². The summed E-state index contributed by atoms with van der Waals surface area (Å²) < 4.78 is 0. The molecule has 0 spiro atoms. The summed E-state index contributed by atoms with van der Waals surface area (Å²) in [5.74, 6) is 0. The summed E-state index contributed by atoms with van der Waals surface area (Å²) in [7, 11) is 1.92. The second kappa shape index (κ2) is 5.01. The van der Waals surface area contributed by atoms with Gasteiger partial charge in [0.1, 0.15) is 0 Å². The smallest absolute Gasteiger partial charge is 0.0866 e. The molecule has 0 aromatic heterocycles. The highest BCUT2D eigenvalue weighted by atomic mass is 15.1. The van der Waals surface area contributed by atoms with Crippen molar-refractivity contribution >= 4 is 0 Å². The van der Waals surface area contributed by atoms with Crippen molar-refractivity contribution in [1.82, 2.24) is 4.90 Å². The predicted molar refractivity (Wildman–Crippen MR) is 42.5 cm³/mol. The fraction of sp³-hybridized carbons (Fsp3) is 0.625. The maximum absolute atomic E-state index is 8.30. The van der Waals surface area contributed by atoms with Gasteiger partial charge in [-0.05, 0) is 13.5 Å². The van der Waals surface area contributed by atoms with Gasteiger partial charge in [-0.3, -0.25) is 4.90 Å². The van der Waals surface area contributed by atoms with Crippen LogP contribution in [0.4, 0.5) is 0 Å². The Morgan fingerprint density at radius 2 is 2.30 bits per heavy atom. The Labute approximate surface area is 62.8 Å². The fourth-order valence-electron chi connectivity index (χ4n) is 0.670. The quantitative estimate of drug-likeness (QED) is 0.434. The van der Waals surface area contributed by atoms with Crippen LogP contribution in [0.15, 0.2) is 12.2 Å². The van der Waals surface area contributed by atoms with E-state index in [0.717, 1.165) is 13.0 Å². The van der Waals surface area contributed by atoms with Crippen molar-refractivity contribution in [3.05, 3.63) is 12.2 Å². The molecule has 0 fully saturated rings. The first-order valence-corrected chi connectivity index (χ1v) is 3.42. The van der Waals surface area contributed by atoms with Crippen molar-refractivity contribution < 1.29 is 0 Å². The Morgan fingerprint density at radius 1 is 1.70 bits per heavy atom. The molecule has 0 aromatic carbocycles. The molecule has 56 valence electrons. The van der Waals surface area contributed by atoms with Gasteiger partial charge in [0.05, 0.1) is 12.6 Å². The molecular formula is C8H14N2. The number of rotatable bonds is 4. The number of hydrogen-bond donors (Lipinski definition) is 0. The van der Waals surface area contributed by atoms with E-state index in [4.69, 9.17) is 5.26 Å². The average molecular weight is 138 g/mol. The molecule has 2 nitrogen and oxygen atoms in total. The van der Waals surface area contributed by atoms with Crippen LogP contribution in [-0.2, 0) is 0 Å². The van der Waals surface area contributed by atoms with Crippen LogP contribution in [-0.4, -0.2) is 25.0 Å². The van der Waals surface area contributed by atoms with E-state index in [0.29, 0.717) is 6.54 Å². The largest absolute Gasteiger partial charge is 0.290 e. The van der Waals surface area contributed by atoms with E-state index < -0.39 is 0 Å². The van der Waals surface area contributed by atoms with Gasteiger partial charge < -0.3 is 0 Å². The van der Waals surface area contributed by atoms with Crippen LogP contribution in [0.1, 0.15) is 13.3 Å². The Kier molecular flexibility index (Phi) is 4.61. The van der Waals surface area contributed by atoms with Gasteiger partial charge in [0.15, 0.2) is 0 Å². The van der Waals surface area contributed by atoms with Gasteiger partial charge in [0.25, 0.3) is 0 Å². The van der Waals surface area contributed by atoms with Crippen LogP contribution < -0.4 is 0 Å². The van der Waals surface area contributed by atoms with Crippen molar-refractivity contribution in [2.75, 3.05) is 20.1 Å². The minimum Gasteiger partial charge on any atom is -0.290 e. The van der Waals surface area contributed by atoms with Crippen LogP contribution in [0.3, 0.4) is 0 Å². The molecule has 0 heterocycles. The molecule has 0 N–H and O–H groups in total. The van der Waals surface area contributed by atoms with Crippen LogP contribution in [0.5, 0.6) is 0 Å². The van der Waals surface area contributed by atoms with Crippen LogP contribution >= 0.6 is 0 Å². The molecule has 0 atom stereocenters. The van der Waals surface area contributed by atoms with E-state index in [1.54, 1.807) is 0 Å². The van der Waals surface area contributed by atoms with E-state index in [9.17, 15) is 0 Å². The molecule has 0 saturated heterocycles. The summed E-state index contributed by atoms with van der Waals surface area (Å²) in [5.41, 5.74) is 1.18. The van der Waals surface area contributed by atoms with E-state index in [-0.39, 0.29) is 0 Å². The molecule has 0 aliphatic carbocycles. The normalized spacial score (nSPS) is 9.40. The maximum atomic E-state index is 8.30. The summed E-state index contributed by atoms with van der Waals surface area (Å²) in [6, 6.07) is 2.08. The van der Waals surface area contributed by atoms with Gasteiger partial charge in [0.2, 0.25) is 0 Å². The number of nitriles is 1. The Morgan fingerprint density at radius 3 is 2.70 bits per heavy atom. The van der Waals surface area contributed by atoms with Gasteiger partial charge in [0, 0.05) is 6.54 Å². The van der Waals surface area contributed by atoms with Crippen molar-refractivity contribution in [1.29, 1.82) is 5.26 Å². The maximum Gasteiger partial charge on any atom is 0.0866 e. The molecule has 0 aliphatic heterocycles. The summed E-state index contributed by atoms with van der Waals surface area (Å²) in [4.78, 5) is 1.95. The van der Waals surface area contributed by atoms with E-state index >= 15 is 0 Å². The zero-order valence-electron chi connectivity index (χ0n) is 6.72. The Bertz CT molecular complexity index is 144. The highest BCUT2D eigenvalue weighted by Gasteiger charge is 1.96. The highest BCUT2D eigenvalue weighted by molar-refractivity contribution is 4.96. The molecule has 0 unspecified atom stereocenters. The number of hydrogen-bond acceptors (Lipinski definition) is 2. The summed E-state index contributed by atoms with van der Waals surface area (Å²) in [5, 5.41) is 8.30. The lowest BCUT2D eigenvalue weighted by Crippen LogP contribution is -2.20. The first kappa shape index (κ1) is 9.19. The summed E-state index contributed by atoms with van der Waals surface area (Å²) in [6.45, 7) is 7.24. The lowest BCUT2D eigenvalue weighted by molar-refractivity contribution is 0.404. The van der Waals surface area contributed by atoms with E-state index in [1.807, 2.05) is 11.9 Å². The van der Waals surface area contributed by atoms with Crippen LogP contribution in [0.2, 0.25) is 0 Å². The molecule has 0 bridgehead atoms. The van der Waals surface area contributed by atoms with Crippen LogP contribution in [0, 0.1) is 11.3 Å². The molecule has 0 radical (unpaired) electrons. The first-order chi connectivity index (χ1) is 4.70. The van der Waals surface area contributed by atoms with Crippen molar-refractivity contribution in [3.8, 4) is 6.07 Å². The third-order valence-corrected chi connectivity index (χ3v) is 1.33. The molecule has 0 saturated carbocycles. The minimum atomic E-state index is 0.485. The molecule has 0 rings (SSSR count). The van der Waals surface area contributed by atoms with Crippen LogP contribution in [0.25, 0.3) is 0 Å². The average Bonchev–Trinajstić information content (AvgIpc) is 1.88. The monoisotopic (exact) mass is 138 g/mol. The summed E-state index contributed by atoms with van der Waals surface area (Å²) in [6.07, 6.45) is 0.996. The van der Waals surface area contributed by atoms with Gasteiger partial charge in [-0.15, -0.1) is 0 Å². The van der Waals surface area contributed by atoms with Gasteiger partial charge in [-0.25, -0.2) is 0 Å². The Hall–Kier alpha value is -0.810. The Balaban J connectivity index is 3.49. The standard InChI is InChI=1S/C8H14N2/c1-4-8(2)7-10(3)6-5-9/h2,4,6-7H2,1,3H3. The summed E-state index contributed by atoms with van der Waals surface area (Å²) >= 11 is 0. The lowest BCUT2D eigenvalue weighted by atomic mass is 10.2. The highest BCUT2D eigenvalue weighted by Crippen LogP contribution is 1.97. The zero-order valence-corrected chi connectivity index (χ0v) is 6.72. The van der Waals surface area contributed by atoms with Crippen molar-refractivity contribution in [3.63, 3.8) is 0 Å². The predicted octanol–water partition coefficient (Wildman–Crippen LogP) is 1.41. The third-order valence-electron chi connectivity index (χ3n) is 1.33. The minimum absolute atomic E-state index is 0.485. The van der Waals surface area contributed by atoms with Gasteiger partial charge in [-0.1, -0.05) is 19.1 Å². The molecular weight excluding hydrogens is 124 g/mol. The van der Waals surface area contributed by atoms with Crippen molar-refractivity contribution in [2.45, 2.75) is 13.3 Å². The third kappa shape index (κ3) is 4.11. The topological polar surface area (TPSA) is 27.0 Å². The van der Waals surface area contributed by atoms with E-state index in [1.165, 1.54) is 5.57 Å². The molecule has 10 heavy (non-hydrogen) atoms. The van der Waals surface area contributed by atoms with Gasteiger partial charge >= 0.3 is 0 Å². The SMILES string of the molecule is C=C(CC)CN(C)CC#N. The van der Waals surface area contributed by atoms with Gasteiger partial charge in [-0.2, -0.15) is 5.26 Å². The zero-order chi connectivity index (χ0) is 7.98. The molecule has 0 aliphatic rings. The van der Waals surface area contributed by atoms with E-state index in [2.05, 4.69) is 19.6 Å². The number of likely N-dealkylation sites (N-methyl/N-ethyl adjacent to an activating group) is 1. The molecule has 2 heteroatoms. The number of nitrogens with zero attached hydrogens (tertiary/aromatic N) is 2. The fourth-order valence-corrected chi connectivity index (χ4v) is 0.670. The lowest BCUT2D eigenvalue weighted by Gasteiger charge is -2.12. The molecule has 0 amide bonds. The second-order valence-corrected chi connectivity index (χ2v) is 2.43. The second-order valence-electron chi connectivity index (χ2n) is 2.43. The molecule has 0 aromatic rings. The first-order valence-electron chi connectivity index (χ1n) is 3.42.